The molecule has 1 aliphatic rings. The zero-order chi connectivity index (χ0) is 15.1. The number of benzene rings is 1. The third kappa shape index (κ3) is 2.09. The number of aromatic nitrogens is 3. The summed E-state index contributed by atoms with van der Waals surface area (Å²) in [5.41, 5.74) is 4.42. The van der Waals surface area contributed by atoms with E-state index >= 15 is 0 Å². The van der Waals surface area contributed by atoms with Gasteiger partial charge in [0.25, 0.3) is 0 Å². The molecule has 0 aliphatic carbocycles. The van der Waals surface area contributed by atoms with Crippen molar-refractivity contribution in [3.05, 3.63) is 53.7 Å². The van der Waals surface area contributed by atoms with E-state index in [4.69, 9.17) is 0 Å². The van der Waals surface area contributed by atoms with Gasteiger partial charge in [-0.3, -0.25) is 4.79 Å². The maximum Gasteiger partial charge on any atom is 0.227 e. The van der Waals surface area contributed by atoms with Gasteiger partial charge in [0.15, 0.2) is 0 Å². The van der Waals surface area contributed by atoms with Crippen LogP contribution in [0.4, 0.5) is 0 Å². The van der Waals surface area contributed by atoms with Crippen LogP contribution in [-0.2, 0) is 31.2 Å². The SMILES string of the molecule is Cn1cnc2c1CN(C(=O)Cc1c[nH]c3ccccc13)CC2. The number of hydrogen-bond donors (Lipinski definition) is 1. The van der Waals surface area contributed by atoms with E-state index in [0.29, 0.717) is 13.0 Å². The molecule has 5 heteroatoms. The number of nitrogens with one attached hydrogen (secondary N) is 1. The molecule has 0 radical (unpaired) electrons. The summed E-state index contributed by atoms with van der Waals surface area (Å²) in [6.07, 6.45) is 5.06. The number of amides is 1. The van der Waals surface area contributed by atoms with Crippen molar-refractivity contribution in [1.82, 2.24) is 19.4 Å². The van der Waals surface area contributed by atoms with E-state index in [1.807, 2.05) is 47.2 Å². The van der Waals surface area contributed by atoms with Crippen molar-refractivity contribution >= 4 is 16.8 Å². The molecule has 3 heterocycles. The largest absolute Gasteiger partial charge is 0.361 e. The lowest BCUT2D eigenvalue weighted by Crippen LogP contribution is -2.37. The van der Waals surface area contributed by atoms with Crippen LogP contribution >= 0.6 is 0 Å². The Balaban J connectivity index is 1.55. The molecular formula is C17H18N4O. The third-order valence-electron chi connectivity index (χ3n) is 4.47. The van der Waals surface area contributed by atoms with Crippen LogP contribution < -0.4 is 0 Å². The van der Waals surface area contributed by atoms with Crippen molar-refractivity contribution in [1.29, 1.82) is 0 Å². The molecule has 0 bridgehead atoms. The third-order valence-corrected chi connectivity index (χ3v) is 4.47. The van der Waals surface area contributed by atoms with E-state index in [0.717, 1.165) is 40.8 Å². The summed E-state index contributed by atoms with van der Waals surface area (Å²) in [5, 5.41) is 1.13. The number of aromatic amines is 1. The van der Waals surface area contributed by atoms with Gasteiger partial charge in [0, 0.05) is 37.1 Å². The van der Waals surface area contributed by atoms with Gasteiger partial charge in [-0.25, -0.2) is 4.98 Å². The van der Waals surface area contributed by atoms with Gasteiger partial charge in [-0.1, -0.05) is 18.2 Å². The van der Waals surface area contributed by atoms with Crippen LogP contribution in [-0.4, -0.2) is 31.9 Å². The molecule has 0 saturated heterocycles. The van der Waals surface area contributed by atoms with E-state index in [9.17, 15) is 4.79 Å². The number of nitrogens with zero attached hydrogens (tertiary/aromatic N) is 3. The fourth-order valence-corrected chi connectivity index (χ4v) is 3.18. The number of rotatable bonds is 2. The predicted octanol–water partition coefficient (Wildman–Crippen LogP) is 2.03. The van der Waals surface area contributed by atoms with Gasteiger partial charge < -0.3 is 14.5 Å². The lowest BCUT2D eigenvalue weighted by atomic mass is 10.1. The normalized spacial score (nSPS) is 14.3. The first-order valence-corrected chi connectivity index (χ1v) is 7.54. The van der Waals surface area contributed by atoms with Crippen LogP contribution in [0.15, 0.2) is 36.8 Å². The van der Waals surface area contributed by atoms with Gasteiger partial charge in [0.1, 0.15) is 0 Å². The molecule has 112 valence electrons. The molecule has 0 unspecified atom stereocenters. The molecule has 0 spiro atoms. The summed E-state index contributed by atoms with van der Waals surface area (Å²) in [4.78, 5) is 22.2. The van der Waals surface area contributed by atoms with Crippen LogP contribution in [0.25, 0.3) is 10.9 Å². The van der Waals surface area contributed by atoms with Crippen LogP contribution in [0.1, 0.15) is 17.0 Å². The average molecular weight is 294 g/mol. The smallest absolute Gasteiger partial charge is 0.227 e. The van der Waals surface area contributed by atoms with E-state index < -0.39 is 0 Å². The number of carbonyl (C=O) groups is 1. The predicted molar refractivity (Wildman–Crippen MR) is 84.3 cm³/mol. The number of imidazole rings is 1. The quantitative estimate of drug-likeness (QED) is 0.786. The van der Waals surface area contributed by atoms with E-state index in [1.165, 1.54) is 0 Å². The molecule has 0 saturated carbocycles. The highest BCUT2D eigenvalue weighted by molar-refractivity contribution is 5.88. The number of carbonyl (C=O) groups excluding carboxylic acids is 1. The Kier molecular flexibility index (Phi) is 2.99. The van der Waals surface area contributed by atoms with Crippen molar-refractivity contribution < 1.29 is 4.79 Å². The summed E-state index contributed by atoms with van der Waals surface area (Å²) < 4.78 is 2.01. The number of hydrogen-bond acceptors (Lipinski definition) is 2. The Bertz CT molecular complexity index is 845. The molecule has 1 N–H and O–H groups in total. The Morgan fingerprint density at radius 1 is 1.36 bits per heavy atom. The van der Waals surface area contributed by atoms with Crippen LogP contribution in [0.2, 0.25) is 0 Å². The molecular weight excluding hydrogens is 276 g/mol. The second-order valence-corrected chi connectivity index (χ2v) is 5.85. The molecule has 0 fully saturated rings. The summed E-state index contributed by atoms with van der Waals surface area (Å²) in [6, 6.07) is 8.10. The average Bonchev–Trinajstić information content (AvgIpc) is 3.12. The van der Waals surface area contributed by atoms with Gasteiger partial charge >= 0.3 is 0 Å². The fourth-order valence-electron chi connectivity index (χ4n) is 3.18. The topological polar surface area (TPSA) is 53.9 Å². The number of fused-ring (bicyclic) bond motifs is 2. The lowest BCUT2D eigenvalue weighted by Gasteiger charge is -2.27. The Hall–Kier alpha value is -2.56. The van der Waals surface area contributed by atoms with Gasteiger partial charge in [0.2, 0.25) is 5.91 Å². The molecule has 1 aliphatic heterocycles. The van der Waals surface area contributed by atoms with Crippen LogP contribution in [0.5, 0.6) is 0 Å². The molecule has 0 atom stereocenters. The van der Waals surface area contributed by atoms with Gasteiger partial charge in [0.05, 0.1) is 30.7 Å². The lowest BCUT2D eigenvalue weighted by molar-refractivity contribution is -0.131. The summed E-state index contributed by atoms with van der Waals surface area (Å²) >= 11 is 0. The molecule has 22 heavy (non-hydrogen) atoms. The van der Waals surface area contributed by atoms with Crippen LogP contribution in [0, 0.1) is 0 Å². The molecule has 1 amide bonds. The summed E-state index contributed by atoms with van der Waals surface area (Å²) in [6.45, 7) is 1.41. The maximum atomic E-state index is 12.6. The van der Waals surface area contributed by atoms with Crippen molar-refractivity contribution in [3.8, 4) is 0 Å². The molecule has 4 rings (SSSR count). The molecule has 2 aromatic heterocycles. The summed E-state index contributed by atoms with van der Waals surface area (Å²) in [7, 11) is 1.99. The minimum Gasteiger partial charge on any atom is -0.361 e. The van der Waals surface area contributed by atoms with Crippen molar-refractivity contribution in [2.75, 3.05) is 6.54 Å². The molecule has 3 aromatic rings. The zero-order valence-electron chi connectivity index (χ0n) is 12.5. The van der Waals surface area contributed by atoms with E-state index in [1.54, 1.807) is 0 Å². The first kappa shape index (κ1) is 13.1. The Morgan fingerprint density at radius 3 is 3.14 bits per heavy atom. The first-order valence-electron chi connectivity index (χ1n) is 7.54. The Labute approximate surface area is 128 Å². The summed E-state index contributed by atoms with van der Waals surface area (Å²) in [5.74, 6) is 0.177. The minimum atomic E-state index is 0.177. The Morgan fingerprint density at radius 2 is 2.23 bits per heavy atom. The second-order valence-electron chi connectivity index (χ2n) is 5.85. The number of para-hydroxylation sites is 1. The fraction of sp³-hybridized carbons (Fsp3) is 0.294. The van der Waals surface area contributed by atoms with E-state index in [-0.39, 0.29) is 5.91 Å². The molecule has 5 nitrogen and oxygen atoms in total. The van der Waals surface area contributed by atoms with Gasteiger partial charge in [-0.05, 0) is 11.6 Å². The minimum absolute atomic E-state index is 0.177. The highest BCUT2D eigenvalue weighted by Gasteiger charge is 2.24. The first-order chi connectivity index (χ1) is 10.7. The van der Waals surface area contributed by atoms with Crippen molar-refractivity contribution in [3.63, 3.8) is 0 Å². The standard InChI is InChI=1S/C17H18N4O/c1-20-11-19-15-6-7-21(10-16(15)20)17(22)8-12-9-18-14-5-3-2-4-13(12)14/h2-5,9,11,18H,6-8,10H2,1H3. The highest BCUT2D eigenvalue weighted by Crippen LogP contribution is 2.21. The highest BCUT2D eigenvalue weighted by atomic mass is 16.2. The molecule has 1 aromatic carbocycles. The van der Waals surface area contributed by atoms with Crippen LogP contribution in [0.3, 0.4) is 0 Å². The maximum absolute atomic E-state index is 12.6. The second kappa shape index (κ2) is 5.02. The number of H-pyrrole nitrogens is 1. The van der Waals surface area contributed by atoms with E-state index in [2.05, 4.69) is 16.0 Å². The van der Waals surface area contributed by atoms with Crippen molar-refractivity contribution in [2.45, 2.75) is 19.4 Å². The number of aryl methyl sites for hydroxylation is 1. The zero-order valence-corrected chi connectivity index (χ0v) is 12.5. The van der Waals surface area contributed by atoms with Crippen molar-refractivity contribution in [2.24, 2.45) is 7.05 Å². The van der Waals surface area contributed by atoms with Gasteiger partial charge in [-0.15, -0.1) is 0 Å². The van der Waals surface area contributed by atoms with Gasteiger partial charge in [-0.2, -0.15) is 0 Å². The monoisotopic (exact) mass is 294 g/mol.